The second-order valence-corrected chi connectivity index (χ2v) is 4.58. The average molecular weight is 314 g/mol. The summed E-state index contributed by atoms with van der Waals surface area (Å²) in [5.41, 5.74) is 0.205. The van der Waals surface area contributed by atoms with Gasteiger partial charge in [-0.3, -0.25) is 4.79 Å². The van der Waals surface area contributed by atoms with Crippen LogP contribution in [0.15, 0.2) is 18.3 Å². The maximum Gasteiger partial charge on any atom is 0.322 e. The van der Waals surface area contributed by atoms with E-state index in [1.165, 1.54) is 17.2 Å². The Morgan fingerprint density at radius 3 is 3.09 bits per heavy atom. The minimum Gasteiger partial charge on any atom is -0.470 e. The molecule has 0 bridgehead atoms. The van der Waals surface area contributed by atoms with E-state index in [9.17, 15) is 18.4 Å². The van der Waals surface area contributed by atoms with Crippen LogP contribution >= 0.6 is 0 Å². The zero-order chi connectivity index (χ0) is 15.9. The fraction of sp³-hybridized carbons (Fsp3) is 0.462. The topological polar surface area (TPSA) is 83.6 Å². The Kier molecular flexibility index (Phi) is 5.45. The summed E-state index contributed by atoms with van der Waals surface area (Å²) >= 11 is 0. The van der Waals surface area contributed by atoms with Gasteiger partial charge in [0, 0.05) is 32.3 Å². The van der Waals surface area contributed by atoms with Crippen LogP contribution in [0.25, 0.3) is 0 Å². The number of nitrogens with one attached hydrogen (secondary N) is 2. The summed E-state index contributed by atoms with van der Waals surface area (Å²) in [6.45, 7) is 0.215. The SMILES string of the molecule is O=C1CCN(C(=O)Nc2cccnc2OCC(F)F)CCN1. The van der Waals surface area contributed by atoms with Gasteiger partial charge in [-0.2, -0.15) is 0 Å². The maximum atomic E-state index is 12.2. The van der Waals surface area contributed by atoms with E-state index in [0.717, 1.165) is 0 Å². The Labute approximate surface area is 125 Å². The van der Waals surface area contributed by atoms with Gasteiger partial charge >= 0.3 is 6.03 Å². The van der Waals surface area contributed by atoms with Crippen LogP contribution < -0.4 is 15.4 Å². The van der Waals surface area contributed by atoms with Crippen molar-refractivity contribution in [1.29, 1.82) is 0 Å². The Balaban J connectivity index is 2.00. The van der Waals surface area contributed by atoms with Gasteiger partial charge in [-0.15, -0.1) is 0 Å². The smallest absolute Gasteiger partial charge is 0.322 e. The molecule has 2 N–H and O–H groups in total. The van der Waals surface area contributed by atoms with E-state index in [1.54, 1.807) is 6.07 Å². The summed E-state index contributed by atoms with van der Waals surface area (Å²) in [7, 11) is 0. The molecule has 0 aromatic carbocycles. The quantitative estimate of drug-likeness (QED) is 0.871. The highest BCUT2D eigenvalue weighted by Gasteiger charge is 2.20. The molecule has 1 saturated heterocycles. The molecule has 0 saturated carbocycles. The molecule has 7 nitrogen and oxygen atoms in total. The van der Waals surface area contributed by atoms with Crippen molar-refractivity contribution in [2.75, 3.05) is 31.6 Å². The molecule has 0 radical (unpaired) electrons. The molecule has 1 fully saturated rings. The number of carbonyl (C=O) groups is 2. The van der Waals surface area contributed by atoms with Crippen molar-refractivity contribution in [2.24, 2.45) is 0 Å². The lowest BCUT2D eigenvalue weighted by atomic mass is 10.4. The molecule has 0 unspecified atom stereocenters. The maximum absolute atomic E-state index is 12.2. The largest absolute Gasteiger partial charge is 0.470 e. The van der Waals surface area contributed by atoms with E-state index in [2.05, 4.69) is 15.6 Å². The van der Waals surface area contributed by atoms with Gasteiger partial charge in [0.05, 0.1) is 0 Å². The van der Waals surface area contributed by atoms with Crippen LogP contribution in [0.2, 0.25) is 0 Å². The summed E-state index contributed by atoms with van der Waals surface area (Å²) in [6, 6.07) is 2.62. The second-order valence-electron chi connectivity index (χ2n) is 4.58. The summed E-state index contributed by atoms with van der Waals surface area (Å²) in [5, 5.41) is 5.22. The Bertz CT molecular complexity index is 542. The normalized spacial score (nSPS) is 15.2. The number of carbonyl (C=O) groups excluding carboxylic acids is 2. The molecule has 1 aliphatic heterocycles. The number of amides is 3. The zero-order valence-electron chi connectivity index (χ0n) is 11.7. The Morgan fingerprint density at radius 1 is 1.50 bits per heavy atom. The highest BCUT2D eigenvalue weighted by Crippen LogP contribution is 2.21. The number of aromatic nitrogens is 1. The fourth-order valence-corrected chi connectivity index (χ4v) is 1.91. The van der Waals surface area contributed by atoms with Gasteiger partial charge in [0.15, 0.2) is 6.61 Å². The number of urea groups is 1. The van der Waals surface area contributed by atoms with E-state index in [4.69, 9.17) is 4.74 Å². The third-order valence-electron chi connectivity index (χ3n) is 2.96. The third-order valence-corrected chi connectivity index (χ3v) is 2.96. The van der Waals surface area contributed by atoms with Crippen molar-refractivity contribution in [3.8, 4) is 5.88 Å². The lowest BCUT2D eigenvalue weighted by Crippen LogP contribution is -2.37. The molecule has 0 spiro atoms. The number of alkyl halides is 2. The summed E-state index contributed by atoms with van der Waals surface area (Å²) in [6.07, 6.45) is -1.03. The number of anilines is 1. The van der Waals surface area contributed by atoms with Crippen LogP contribution in [-0.4, -0.2) is 54.5 Å². The van der Waals surface area contributed by atoms with Crippen molar-refractivity contribution in [3.63, 3.8) is 0 Å². The summed E-state index contributed by atoms with van der Waals surface area (Å²) in [5.74, 6) is -0.183. The number of rotatable bonds is 4. The van der Waals surface area contributed by atoms with Gasteiger partial charge in [0.25, 0.3) is 6.43 Å². The fourth-order valence-electron chi connectivity index (χ4n) is 1.91. The van der Waals surface area contributed by atoms with Gasteiger partial charge in [0.2, 0.25) is 11.8 Å². The number of ether oxygens (including phenoxy) is 1. The van der Waals surface area contributed by atoms with Gasteiger partial charge in [0.1, 0.15) is 5.69 Å². The molecule has 120 valence electrons. The van der Waals surface area contributed by atoms with Gasteiger partial charge in [-0.25, -0.2) is 18.6 Å². The van der Waals surface area contributed by atoms with Crippen molar-refractivity contribution in [3.05, 3.63) is 18.3 Å². The third kappa shape index (κ3) is 4.54. The van der Waals surface area contributed by atoms with Crippen LogP contribution in [-0.2, 0) is 4.79 Å². The molecule has 22 heavy (non-hydrogen) atoms. The first-order valence-electron chi connectivity index (χ1n) is 6.75. The van der Waals surface area contributed by atoms with Crippen LogP contribution in [0.1, 0.15) is 6.42 Å². The van der Waals surface area contributed by atoms with E-state index in [-0.39, 0.29) is 30.4 Å². The van der Waals surface area contributed by atoms with Crippen LogP contribution in [0, 0.1) is 0 Å². The lowest BCUT2D eigenvalue weighted by molar-refractivity contribution is -0.120. The Hall–Kier alpha value is -2.45. The molecular weight excluding hydrogens is 298 g/mol. The molecule has 1 aromatic rings. The van der Waals surface area contributed by atoms with E-state index in [0.29, 0.717) is 13.1 Å². The van der Waals surface area contributed by atoms with Crippen LogP contribution in [0.4, 0.5) is 19.3 Å². The highest BCUT2D eigenvalue weighted by molar-refractivity contribution is 5.91. The lowest BCUT2D eigenvalue weighted by Gasteiger charge is -2.20. The highest BCUT2D eigenvalue weighted by atomic mass is 19.3. The molecule has 9 heteroatoms. The van der Waals surface area contributed by atoms with E-state index < -0.39 is 19.1 Å². The molecule has 1 aromatic heterocycles. The minimum absolute atomic E-state index is 0.0693. The van der Waals surface area contributed by atoms with Gasteiger partial charge in [-0.1, -0.05) is 0 Å². The molecule has 1 aliphatic rings. The van der Waals surface area contributed by atoms with Crippen LogP contribution in [0.3, 0.4) is 0 Å². The number of nitrogens with zero attached hydrogens (tertiary/aromatic N) is 2. The molecular formula is C13H16F2N4O3. The van der Waals surface area contributed by atoms with Crippen molar-refractivity contribution in [2.45, 2.75) is 12.8 Å². The number of pyridine rings is 1. The first kappa shape index (κ1) is 15.9. The minimum atomic E-state index is -2.63. The zero-order valence-corrected chi connectivity index (χ0v) is 11.7. The number of hydrogen-bond acceptors (Lipinski definition) is 4. The van der Waals surface area contributed by atoms with Crippen LogP contribution in [0.5, 0.6) is 5.88 Å². The van der Waals surface area contributed by atoms with E-state index in [1.807, 2.05) is 0 Å². The monoisotopic (exact) mass is 314 g/mol. The molecule has 0 aliphatic carbocycles. The van der Waals surface area contributed by atoms with E-state index >= 15 is 0 Å². The van der Waals surface area contributed by atoms with Crippen molar-refractivity contribution in [1.82, 2.24) is 15.2 Å². The average Bonchev–Trinajstić information content (AvgIpc) is 2.71. The number of hydrogen-bond donors (Lipinski definition) is 2. The molecule has 2 heterocycles. The molecule has 2 rings (SSSR count). The first-order chi connectivity index (χ1) is 10.6. The van der Waals surface area contributed by atoms with Crippen molar-refractivity contribution < 1.29 is 23.1 Å². The Morgan fingerprint density at radius 2 is 2.32 bits per heavy atom. The van der Waals surface area contributed by atoms with Gasteiger partial charge < -0.3 is 20.3 Å². The van der Waals surface area contributed by atoms with Crippen molar-refractivity contribution >= 4 is 17.6 Å². The summed E-state index contributed by atoms with van der Waals surface area (Å²) < 4.78 is 29.3. The predicted molar refractivity (Wildman–Crippen MR) is 74.0 cm³/mol. The standard InChI is InChI=1S/C13H16F2N4O3/c14-10(15)8-22-12-9(2-1-4-17-12)18-13(21)19-6-3-11(20)16-5-7-19/h1-2,4,10H,3,5-8H2,(H,16,20)(H,18,21). The molecule has 0 atom stereocenters. The molecule has 3 amide bonds. The predicted octanol–water partition coefficient (Wildman–Crippen LogP) is 1.08. The summed E-state index contributed by atoms with van der Waals surface area (Å²) in [4.78, 5) is 28.7. The number of halogens is 2. The first-order valence-corrected chi connectivity index (χ1v) is 6.75. The second kappa shape index (κ2) is 7.53. The van der Waals surface area contributed by atoms with Gasteiger partial charge in [-0.05, 0) is 12.1 Å².